The van der Waals surface area contributed by atoms with Crippen molar-refractivity contribution in [3.8, 4) is 0 Å². The quantitative estimate of drug-likeness (QED) is 0.659. The second-order valence-corrected chi connectivity index (χ2v) is 4.12. The molecule has 2 atom stereocenters. The SMILES string of the molecule is O=C(O)C(C(O)O)C1CCc2ccccc21. The molecule has 1 aromatic carbocycles. The van der Waals surface area contributed by atoms with E-state index in [1.165, 1.54) is 0 Å². The van der Waals surface area contributed by atoms with E-state index in [1.54, 1.807) is 0 Å². The fourth-order valence-corrected chi connectivity index (χ4v) is 2.47. The molecule has 0 bridgehead atoms. The first-order valence-electron chi connectivity index (χ1n) is 5.28. The second-order valence-electron chi connectivity index (χ2n) is 4.12. The van der Waals surface area contributed by atoms with Crippen LogP contribution in [0, 0.1) is 5.92 Å². The van der Waals surface area contributed by atoms with Gasteiger partial charge in [0.25, 0.3) is 0 Å². The van der Waals surface area contributed by atoms with Crippen molar-refractivity contribution in [1.29, 1.82) is 0 Å². The third-order valence-electron chi connectivity index (χ3n) is 3.22. The van der Waals surface area contributed by atoms with Crippen LogP contribution in [0.2, 0.25) is 0 Å². The average Bonchev–Trinajstić information content (AvgIpc) is 2.61. The van der Waals surface area contributed by atoms with Crippen LogP contribution in [0.1, 0.15) is 23.5 Å². The van der Waals surface area contributed by atoms with Gasteiger partial charge >= 0.3 is 5.97 Å². The molecule has 0 amide bonds. The zero-order valence-corrected chi connectivity index (χ0v) is 8.71. The number of aliphatic hydroxyl groups is 2. The molecular weight excluding hydrogens is 208 g/mol. The van der Waals surface area contributed by atoms with Crippen molar-refractivity contribution in [1.82, 2.24) is 0 Å². The molecule has 2 rings (SSSR count). The number of carboxylic acids is 1. The highest BCUT2D eigenvalue weighted by Gasteiger charge is 2.38. The minimum Gasteiger partial charge on any atom is -0.481 e. The van der Waals surface area contributed by atoms with E-state index in [4.69, 9.17) is 15.3 Å². The van der Waals surface area contributed by atoms with Crippen molar-refractivity contribution >= 4 is 5.97 Å². The van der Waals surface area contributed by atoms with Crippen LogP contribution in [0.25, 0.3) is 0 Å². The van der Waals surface area contributed by atoms with Crippen molar-refractivity contribution in [2.75, 3.05) is 0 Å². The molecule has 1 aliphatic carbocycles. The van der Waals surface area contributed by atoms with Gasteiger partial charge in [-0.15, -0.1) is 0 Å². The fraction of sp³-hybridized carbons (Fsp3) is 0.417. The summed E-state index contributed by atoms with van der Waals surface area (Å²) in [6.45, 7) is 0. The molecule has 1 aliphatic rings. The van der Waals surface area contributed by atoms with Crippen LogP contribution in [0.3, 0.4) is 0 Å². The summed E-state index contributed by atoms with van der Waals surface area (Å²) in [7, 11) is 0. The maximum atomic E-state index is 11.0. The van der Waals surface area contributed by atoms with Crippen molar-refractivity contribution in [3.63, 3.8) is 0 Å². The predicted octanol–water partition coefficient (Wildman–Crippen LogP) is 0.728. The zero-order chi connectivity index (χ0) is 11.7. The normalized spacial score (nSPS) is 20.8. The Balaban J connectivity index is 2.33. The minimum absolute atomic E-state index is 0.298. The molecule has 1 aromatic rings. The lowest BCUT2D eigenvalue weighted by molar-refractivity contribution is -0.160. The highest BCUT2D eigenvalue weighted by molar-refractivity contribution is 5.72. The molecule has 0 radical (unpaired) electrons. The summed E-state index contributed by atoms with van der Waals surface area (Å²) in [6, 6.07) is 7.58. The number of carbonyl (C=O) groups is 1. The molecule has 86 valence electrons. The molecule has 0 fully saturated rings. The highest BCUT2D eigenvalue weighted by atomic mass is 16.5. The zero-order valence-electron chi connectivity index (χ0n) is 8.71. The van der Waals surface area contributed by atoms with Gasteiger partial charge in [-0.05, 0) is 24.0 Å². The molecule has 0 saturated heterocycles. The van der Waals surface area contributed by atoms with E-state index in [0.29, 0.717) is 6.42 Å². The Morgan fingerprint density at radius 3 is 2.62 bits per heavy atom. The van der Waals surface area contributed by atoms with E-state index >= 15 is 0 Å². The van der Waals surface area contributed by atoms with Gasteiger partial charge in [-0.3, -0.25) is 4.79 Å². The number of rotatable bonds is 3. The number of aryl methyl sites for hydroxylation is 1. The van der Waals surface area contributed by atoms with Gasteiger partial charge in [-0.25, -0.2) is 0 Å². The summed E-state index contributed by atoms with van der Waals surface area (Å²) in [5, 5.41) is 27.3. The van der Waals surface area contributed by atoms with E-state index in [1.807, 2.05) is 24.3 Å². The van der Waals surface area contributed by atoms with Crippen LogP contribution in [0.4, 0.5) is 0 Å². The number of aliphatic hydroxyl groups excluding tert-OH is 1. The third kappa shape index (κ3) is 1.81. The summed E-state index contributed by atoms with van der Waals surface area (Å²) < 4.78 is 0. The first kappa shape index (κ1) is 11.1. The Hall–Kier alpha value is -1.39. The van der Waals surface area contributed by atoms with Gasteiger partial charge in [0.1, 0.15) is 5.92 Å². The number of benzene rings is 1. The molecule has 4 nitrogen and oxygen atoms in total. The third-order valence-corrected chi connectivity index (χ3v) is 3.22. The summed E-state index contributed by atoms with van der Waals surface area (Å²) in [6.07, 6.45) is -0.348. The Morgan fingerprint density at radius 1 is 1.31 bits per heavy atom. The molecule has 0 saturated carbocycles. The smallest absolute Gasteiger partial charge is 0.312 e. The van der Waals surface area contributed by atoms with E-state index in [9.17, 15) is 4.79 Å². The fourth-order valence-electron chi connectivity index (χ4n) is 2.47. The molecule has 2 unspecified atom stereocenters. The van der Waals surface area contributed by atoms with Crippen LogP contribution in [0.15, 0.2) is 24.3 Å². The predicted molar refractivity (Wildman–Crippen MR) is 56.9 cm³/mol. The topological polar surface area (TPSA) is 77.8 Å². The lowest BCUT2D eigenvalue weighted by Gasteiger charge is -2.21. The molecule has 0 heterocycles. The van der Waals surface area contributed by atoms with E-state index in [0.717, 1.165) is 17.5 Å². The Kier molecular flexibility index (Phi) is 2.94. The maximum absolute atomic E-state index is 11.0. The van der Waals surface area contributed by atoms with Gasteiger partial charge in [-0.2, -0.15) is 0 Å². The van der Waals surface area contributed by atoms with Crippen molar-refractivity contribution < 1.29 is 20.1 Å². The monoisotopic (exact) mass is 222 g/mol. The molecule has 0 aromatic heterocycles. The maximum Gasteiger partial charge on any atom is 0.312 e. The van der Waals surface area contributed by atoms with Gasteiger partial charge in [0.2, 0.25) is 0 Å². The summed E-state index contributed by atoms with van der Waals surface area (Å²) >= 11 is 0. The Labute approximate surface area is 93.2 Å². The van der Waals surface area contributed by atoms with Crippen LogP contribution in [-0.2, 0) is 11.2 Å². The van der Waals surface area contributed by atoms with Crippen molar-refractivity contribution in [3.05, 3.63) is 35.4 Å². The number of carboxylic acid groups (broad SMARTS) is 1. The van der Waals surface area contributed by atoms with Crippen LogP contribution < -0.4 is 0 Å². The number of aliphatic carboxylic acids is 1. The van der Waals surface area contributed by atoms with Gasteiger partial charge in [-0.1, -0.05) is 24.3 Å². The first-order valence-corrected chi connectivity index (χ1v) is 5.28. The Morgan fingerprint density at radius 2 is 2.00 bits per heavy atom. The number of hydrogen-bond donors (Lipinski definition) is 3. The highest BCUT2D eigenvalue weighted by Crippen LogP contribution is 2.39. The minimum atomic E-state index is -1.81. The van der Waals surface area contributed by atoms with Crippen LogP contribution >= 0.6 is 0 Å². The van der Waals surface area contributed by atoms with E-state index < -0.39 is 18.2 Å². The van der Waals surface area contributed by atoms with Crippen LogP contribution in [0.5, 0.6) is 0 Å². The summed E-state index contributed by atoms with van der Waals surface area (Å²) in [4.78, 5) is 11.0. The van der Waals surface area contributed by atoms with Crippen molar-refractivity contribution in [2.45, 2.75) is 25.0 Å². The van der Waals surface area contributed by atoms with Crippen LogP contribution in [-0.4, -0.2) is 27.6 Å². The second kappa shape index (κ2) is 4.23. The van der Waals surface area contributed by atoms with Gasteiger partial charge in [0, 0.05) is 5.92 Å². The molecule has 0 aliphatic heterocycles. The molecule has 16 heavy (non-hydrogen) atoms. The summed E-state index contributed by atoms with van der Waals surface area (Å²) in [5.41, 5.74) is 2.04. The first-order chi connectivity index (χ1) is 7.61. The average molecular weight is 222 g/mol. The van der Waals surface area contributed by atoms with Gasteiger partial charge in [0.05, 0.1) is 0 Å². The van der Waals surface area contributed by atoms with Crippen molar-refractivity contribution in [2.24, 2.45) is 5.92 Å². The number of hydrogen-bond acceptors (Lipinski definition) is 3. The van der Waals surface area contributed by atoms with E-state index in [-0.39, 0.29) is 5.92 Å². The van der Waals surface area contributed by atoms with E-state index in [2.05, 4.69) is 0 Å². The lowest BCUT2D eigenvalue weighted by atomic mass is 9.87. The molecule has 0 spiro atoms. The van der Waals surface area contributed by atoms with Gasteiger partial charge < -0.3 is 15.3 Å². The van der Waals surface area contributed by atoms with Gasteiger partial charge in [0.15, 0.2) is 6.29 Å². The lowest BCUT2D eigenvalue weighted by Crippen LogP contribution is -2.32. The standard InChI is InChI=1S/C12H14O4/c13-11(14)10(12(15)16)9-6-5-7-3-1-2-4-8(7)9/h1-4,9-11,13-14H,5-6H2,(H,15,16). The largest absolute Gasteiger partial charge is 0.481 e. The Bertz CT molecular complexity index is 400. The molecular formula is C12H14O4. The molecule has 4 heteroatoms. The summed E-state index contributed by atoms with van der Waals surface area (Å²) in [5.74, 6) is -2.59. The molecule has 3 N–H and O–H groups in total. The number of fused-ring (bicyclic) bond motifs is 1.